The Morgan fingerprint density at radius 2 is 1.73 bits per heavy atom. The van der Waals surface area contributed by atoms with Gasteiger partial charge in [0.1, 0.15) is 0 Å². The molecule has 0 amide bonds. The monoisotopic (exact) mass is 304 g/mol. The third-order valence-electron chi connectivity index (χ3n) is 8.32. The number of fused-ring (bicyclic) bond motifs is 5. The number of rotatable bonds is 0. The average molecular weight is 304 g/mol. The number of aliphatic hydroxyl groups is 2. The zero-order chi connectivity index (χ0) is 15.8. The molecule has 124 valence electrons. The first-order valence-electron chi connectivity index (χ1n) is 9.39. The van der Waals surface area contributed by atoms with Crippen molar-refractivity contribution < 1.29 is 10.2 Å². The van der Waals surface area contributed by atoms with E-state index >= 15 is 0 Å². The third-order valence-corrected chi connectivity index (χ3v) is 8.32. The van der Waals surface area contributed by atoms with Gasteiger partial charge in [-0.05, 0) is 86.9 Å². The summed E-state index contributed by atoms with van der Waals surface area (Å²) >= 11 is 0. The highest BCUT2D eigenvalue weighted by atomic mass is 16.3. The minimum atomic E-state index is -0.589. The Morgan fingerprint density at radius 3 is 2.50 bits per heavy atom. The number of hydrogen-bond donors (Lipinski definition) is 2. The summed E-state index contributed by atoms with van der Waals surface area (Å²) in [6, 6.07) is 0. The van der Waals surface area contributed by atoms with E-state index < -0.39 is 5.60 Å². The Hall–Kier alpha value is -0.340. The van der Waals surface area contributed by atoms with Crippen molar-refractivity contribution in [2.45, 2.75) is 83.8 Å². The Bertz CT molecular complexity index is 508. The zero-order valence-corrected chi connectivity index (χ0v) is 14.4. The maximum Gasteiger partial charge on any atom is 0.0802 e. The lowest BCUT2D eigenvalue weighted by atomic mass is 9.47. The van der Waals surface area contributed by atoms with Crippen LogP contribution < -0.4 is 0 Å². The van der Waals surface area contributed by atoms with E-state index in [-0.39, 0.29) is 11.5 Å². The van der Waals surface area contributed by atoms with Gasteiger partial charge in [0.2, 0.25) is 0 Å². The van der Waals surface area contributed by atoms with Gasteiger partial charge >= 0.3 is 0 Å². The van der Waals surface area contributed by atoms with Crippen molar-refractivity contribution in [1.82, 2.24) is 0 Å². The van der Waals surface area contributed by atoms with Crippen LogP contribution in [-0.2, 0) is 0 Å². The minimum Gasteiger partial charge on any atom is -0.393 e. The Morgan fingerprint density at radius 1 is 0.955 bits per heavy atom. The molecule has 4 rings (SSSR count). The Kier molecular flexibility index (Phi) is 3.18. The molecule has 4 aliphatic carbocycles. The molecule has 6 unspecified atom stereocenters. The van der Waals surface area contributed by atoms with Gasteiger partial charge in [-0.3, -0.25) is 0 Å². The van der Waals surface area contributed by atoms with E-state index in [1.807, 2.05) is 6.92 Å². The lowest BCUT2D eigenvalue weighted by Gasteiger charge is -2.58. The summed E-state index contributed by atoms with van der Waals surface area (Å²) in [5.41, 5.74) is 1.43. The van der Waals surface area contributed by atoms with Crippen LogP contribution in [0.1, 0.15) is 72.1 Å². The van der Waals surface area contributed by atoms with Gasteiger partial charge in [-0.2, -0.15) is 0 Å². The summed E-state index contributed by atoms with van der Waals surface area (Å²) < 4.78 is 0. The van der Waals surface area contributed by atoms with E-state index in [4.69, 9.17) is 0 Å². The molecule has 2 heteroatoms. The smallest absolute Gasteiger partial charge is 0.0802 e. The van der Waals surface area contributed by atoms with Crippen LogP contribution in [0.2, 0.25) is 0 Å². The molecule has 0 heterocycles. The zero-order valence-electron chi connectivity index (χ0n) is 14.4. The van der Waals surface area contributed by atoms with E-state index in [1.165, 1.54) is 31.3 Å². The van der Waals surface area contributed by atoms with Crippen molar-refractivity contribution in [1.29, 1.82) is 0 Å². The standard InChI is InChI=1S/C20H32O2/c1-18(22)10-11-19(2)13(12-18)4-5-14-15-6-7-17(21)20(15,3)9-8-16(14)19/h12,14-17,21-22H,4-11H2,1-3H3/t14?,15?,16?,17-,18?,19?,20?/m0/s1. The number of aliphatic hydroxyl groups excluding tert-OH is 1. The highest BCUT2D eigenvalue weighted by Gasteiger charge is 2.59. The lowest BCUT2D eigenvalue weighted by Crippen LogP contribution is -2.52. The molecule has 0 saturated heterocycles. The van der Waals surface area contributed by atoms with Gasteiger partial charge in [0.25, 0.3) is 0 Å². The van der Waals surface area contributed by atoms with Gasteiger partial charge in [-0.15, -0.1) is 0 Å². The van der Waals surface area contributed by atoms with Crippen molar-refractivity contribution in [2.24, 2.45) is 28.6 Å². The first-order valence-corrected chi connectivity index (χ1v) is 9.39. The van der Waals surface area contributed by atoms with E-state index in [2.05, 4.69) is 19.9 Å². The van der Waals surface area contributed by atoms with Crippen molar-refractivity contribution in [3.8, 4) is 0 Å². The summed E-state index contributed by atoms with van der Waals surface area (Å²) in [6.45, 7) is 6.79. The first kappa shape index (κ1) is 15.2. The van der Waals surface area contributed by atoms with Gasteiger partial charge in [-0.1, -0.05) is 25.5 Å². The lowest BCUT2D eigenvalue weighted by molar-refractivity contribution is -0.0798. The summed E-state index contributed by atoms with van der Waals surface area (Å²) in [4.78, 5) is 0. The quantitative estimate of drug-likeness (QED) is 0.663. The van der Waals surface area contributed by atoms with Crippen molar-refractivity contribution >= 4 is 0 Å². The fourth-order valence-electron chi connectivity index (χ4n) is 6.84. The van der Waals surface area contributed by atoms with Crippen LogP contribution in [0.25, 0.3) is 0 Å². The van der Waals surface area contributed by atoms with E-state index in [0.29, 0.717) is 5.41 Å². The highest BCUT2D eigenvalue weighted by molar-refractivity contribution is 5.27. The fourth-order valence-corrected chi connectivity index (χ4v) is 6.84. The molecule has 7 atom stereocenters. The predicted octanol–water partition coefficient (Wildman–Crippen LogP) is 4.06. The average Bonchev–Trinajstić information content (AvgIpc) is 2.76. The van der Waals surface area contributed by atoms with Crippen LogP contribution in [-0.4, -0.2) is 21.9 Å². The molecular formula is C20H32O2. The molecule has 0 aromatic heterocycles. The van der Waals surface area contributed by atoms with E-state index in [0.717, 1.165) is 43.4 Å². The van der Waals surface area contributed by atoms with Crippen molar-refractivity contribution in [3.63, 3.8) is 0 Å². The molecule has 2 nitrogen and oxygen atoms in total. The second kappa shape index (κ2) is 4.60. The maximum absolute atomic E-state index is 10.5. The summed E-state index contributed by atoms with van der Waals surface area (Å²) in [7, 11) is 0. The van der Waals surface area contributed by atoms with Gasteiger partial charge < -0.3 is 10.2 Å². The topological polar surface area (TPSA) is 40.5 Å². The molecular weight excluding hydrogens is 272 g/mol. The molecule has 0 spiro atoms. The van der Waals surface area contributed by atoms with Gasteiger partial charge in [0.05, 0.1) is 11.7 Å². The molecule has 4 aliphatic rings. The highest BCUT2D eigenvalue weighted by Crippen LogP contribution is 2.65. The van der Waals surface area contributed by atoms with Crippen LogP contribution in [0.5, 0.6) is 0 Å². The predicted molar refractivity (Wildman–Crippen MR) is 88.3 cm³/mol. The van der Waals surface area contributed by atoms with Crippen LogP contribution >= 0.6 is 0 Å². The minimum absolute atomic E-state index is 0.0738. The van der Waals surface area contributed by atoms with Crippen molar-refractivity contribution in [3.05, 3.63) is 11.6 Å². The Labute approximate surface area is 135 Å². The Balaban J connectivity index is 1.68. The van der Waals surface area contributed by atoms with Crippen LogP contribution in [0.4, 0.5) is 0 Å². The molecule has 0 aliphatic heterocycles. The summed E-state index contributed by atoms with van der Waals surface area (Å²) in [5.74, 6) is 2.29. The normalized spacial score (nSPS) is 57.6. The van der Waals surface area contributed by atoms with Gasteiger partial charge in [-0.25, -0.2) is 0 Å². The first-order chi connectivity index (χ1) is 10.3. The van der Waals surface area contributed by atoms with E-state index in [9.17, 15) is 10.2 Å². The third kappa shape index (κ3) is 1.92. The molecule has 0 bridgehead atoms. The van der Waals surface area contributed by atoms with E-state index in [1.54, 1.807) is 0 Å². The summed E-state index contributed by atoms with van der Waals surface area (Å²) in [6.07, 6.45) is 11.3. The second-order valence-corrected chi connectivity index (χ2v) is 9.50. The number of allylic oxidation sites excluding steroid dienone is 1. The van der Waals surface area contributed by atoms with Crippen molar-refractivity contribution in [2.75, 3.05) is 0 Å². The van der Waals surface area contributed by atoms with Gasteiger partial charge in [0, 0.05) is 0 Å². The molecule has 22 heavy (non-hydrogen) atoms. The molecule has 0 aromatic rings. The molecule has 3 fully saturated rings. The van der Waals surface area contributed by atoms with Gasteiger partial charge in [0.15, 0.2) is 0 Å². The van der Waals surface area contributed by atoms with Crippen LogP contribution in [0.3, 0.4) is 0 Å². The molecule has 0 radical (unpaired) electrons. The number of hydrogen-bond acceptors (Lipinski definition) is 2. The van der Waals surface area contributed by atoms with Crippen LogP contribution in [0.15, 0.2) is 11.6 Å². The fraction of sp³-hybridized carbons (Fsp3) is 0.900. The molecule has 2 N–H and O–H groups in total. The molecule has 0 aromatic carbocycles. The molecule has 3 saturated carbocycles. The maximum atomic E-state index is 10.5. The van der Waals surface area contributed by atoms with Crippen LogP contribution in [0, 0.1) is 28.6 Å². The SMILES string of the molecule is CC1(O)C=C2CCC3C(CCC4(C)C3CC[C@@H]4O)C2(C)CC1. The second-order valence-electron chi connectivity index (χ2n) is 9.50. The largest absolute Gasteiger partial charge is 0.393 e. The summed E-state index contributed by atoms with van der Waals surface area (Å²) in [5, 5.41) is 20.9.